The molecule has 0 amide bonds. The maximum atomic E-state index is 11.6. The largest absolute Gasteiger partial charge is 0.487 e. The molecule has 0 fully saturated rings. The Kier molecular flexibility index (Phi) is 3.04. The van der Waals surface area contributed by atoms with Gasteiger partial charge in [0.15, 0.2) is 0 Å². The second kappa shape index (κ2) is 4.49. The predicted molar refractivity (Wildman–Crippen MR) is 68.0 cm³/mol. The van der Waals surface area contributed by atoms with Crippen LogP contribution in [0.5, 0.6) is 5.75 Å². The molecule has 0 saturated carbocycles. The molecular weight excluding hydrogens is 218 g/mol. The highest BCUT2D eigenvalue weighted by atomic mass is 16.5. The SMILES string of the molecule is CCOc1cc2ccc(N(C)C)cc2oc1=O. The normalized spacial score (nSPS) is 10.5. The average molecular weight is 233 g/mol. The Balaban J connectivity index is 2.58. The number of hydrogen-bond donors (Lipinski definition) is 0. The molecule has 0 atom stereocenters. The lowest BCUT2D eigenvalue weighted by Crippen LogP contribution is -2.09. The third kappa shape index (κ3) is 2.25. The van der Waals surface area contributed by atoms with Crippen LogP contribution in [0.4, 0.5) is 5.69 Å². The zero-order valence-corrected chi connectivity index (χ0v) is 10.2. The molecule has 90 valence electrons. The van der Waals surface area contributed by atoms with Crippen molar-refractivity contribution in [2.45, 2.75) is 6.92 Å². The number of rotatable bonds is 3. The van der Waals surface area contributed by atoms with Gasteiger partial charge in [0.1, 0.15) is 5.58 Å². The molecule has 4 nitrogen and oxygen atoms in total. The zero-order chi connectivity index (χ0) is 12.4. The van der Waals surface area contributed by atoms with E-state index in [1.807, 2.05) is 44.1 Å². The van der Waals surface area contributed by atoms with Crippen molar-refractivity contribution in [2.24, 2.45) is 0 Å². The van der Waals surface area contributed by atoms with Crippen LogP contribution in [0.3, 0.4) is 0 Å². The zero-order valence-electron chi connectivity index (χ0n) is 10.2. The number of nitrogens with zero attached hydrogens (tertiary/aromatic N) is 1. The Bertz CT molecular complexity index is 587. The molecule has 1 aromatic heterocycles. The number of ether oxygens (including phenoxy) is 1. The lowest BCUT2D eigenvalue weighted by atomic mass is 10.2. The molecule has 0 bridgehead atoms. The third-order valence-electron chi connectivity index (χ3n) is 2.50. The van der Waals surface area contributed by atoms with Gasteiger partial charge >= 0.3 is 5.63 Å². The highest BCUT2D eigenvalue weighted by Crippen LogP contribution is 2.22. The number of fused-ring (bicyclic) bond motifs is 1. The summed E-state index contributed by atoms with van der Waals surface area (Å²) in [7, 11) is 3.88. The second-order valence-corrected chi connectivity index (χ2v) is 3.95. The monoisotopic (exact) mass is 233 g/mol. The van der Waals surface area contributed by atoms with E-state index in [1.165, 1.54) is 0 Å². The van der Waals surface area contributed by atoms with Gasteiger partial charge in [-0.2, -0.15) is 0 Å². The van der Waals surface area contributed by atoms with Crippen molar-refractivity contribution in [2.75, 3.05) is 25.6 Å². The number of benzene rings is 1. The first kappa shape index (κ1) is 11.5. The lowest BCUT2D eigenvalue weighted by molar-refractivity contribution is 0.322. The summed E-state index contributed by atoms with van der Waals surface area (Å²) < 4.78 is 10.4. The van der Waals surface area contributed by atoms with E-state index < -0.39 is 5.63 Å². The number of hydrogen-bond acceptors (Lipinski definition) is 4. The Morgan fingerprint density at radius 3 is 2.71 bits per heavy atom. The molecule has 0 unspecified atom stereocenters. The van der Waals surface area contributed by atoms with E-state index in [9.17, 15) is 4.79 Å². The molecule has 2 aromatic rings. The van der Waals surface area contributed by atoms with Gasteiger partial charge in [0.2, 0.25) is 5.75 Å². The van der Waals surface area contributed by atoms with E-state index in [0.29, 0.717) is 12.2 Å². The van der Waals surface area contributed by atoms with Crippen LogP contribution in [-0.4, -0.2) is 20.7 Å². The van der Waals surface area contributed by atoms with Gasteiger partial charge in [-0.3, -0.25) is 0 Å². The van der Waals surface area contributed by atoms with E-state index in [1.54, 1.807) is 6.07 Å². The second-order valence-electron chi connectivity index (χ2n) is 3.95. The summed E-state index contributed by atoms with van der Waals surface area (Å²) in [5, 5.41) is 0.860. The average Bonchev–Trinajstić information content (AvgIpc) is 2.29. The van der Waals surface area contributed by atoms with Gasteiger partial charge in [0.25, 0.3) is 0 Å². The van der Waals surface area contributed by atoms with Gasteiger partial charge in [-0.05, 0) is 25.1 Å². The summed E-state index contributed by atoms with van der Waals surface area (Å²) in [6.07, 6.45) is 0. The minimum atomic E-state index is -0.435. The maximum Gasteiger partial charge on any atom is 0.379 e. The fraction of sp³-hybridized carbons (Fsp3) is 0.308. The molecule has 1 aromatic carbocycles. The molecule has 0 aliphatic rings. The Hall–Kier alpha value is -1.97. The van der Waals surface area contributed by atoms with Crippen LogP contribution in [-0.2, 0) is 0 Å². The van der Waals surface area contributed by atoms with Gasteiger partial charge in [0.05, 0.1) is 6.61 Å². The Morgan fingerprint density at radius 1 is 1.29 bits per heavy atom. The summed E-state index contributed by atoms with van der Waals surface area (Å²) in [4.78, 5) is 13.6. The van der Waals surface area contributed by atoms with Crippen LogP contribution < -0.4 is 15.3 Å². The van der Waals surface area contributed by atoms with E-state index in [2.05, 4.69) is 0 Å². The van der Waals surface area contributed by atoms with Crippen LogP contribution in [0.2, 0.25) is 0 Å². The molecule has 4 heteroatoms. The summed E-state index contributed by atoms with van der Waals surface area (Å²) >= 11 is 0. The van der Waals surface area contributed by atoms with Crippen molar-refractivity contribution in [1.29, 1.82) is 0 Å². The quantitative estimate of drug-likeness (QED) is 0.763. The van der Waals surface area contributed by atoms with Crippen molar-refractivity contribution < 1.29 is 9.15 Å². The maximum absolute atomic E-state index is 11.6. The molecule has 0 spiro atoms. The molecule has 2 rings (SSSR count). The van der Waals surface area contributed by atoms with Crippen molar-refractivity contribution in [1.82, 2.24) is 0 Å². The van der Waals surface area contributed by atoms with Gasteiger partial charge in [-0.25, -0.2) is 4.79 Å². The Labute approximate surface area is 99.4 Å². The smallest absolute Gasteiger partial charge is 0.379 e. The summed E-state index contributed by atoms with van der Waals surface area (Å²) in [5.74, 6) is 0.262. The third-order valence-corrected chi connectivity index (χ3v) is 2.50. The minimum Gasteiger partial charge on any atom is -0.487 e. The van der Waals surface area contributed by atoms with Crippen molar-refractivity contribution >= 4 is 16.7 Å². The van der Waals surface area contributed by atoms with E-state index in [4.69, 9.17) is 9.15 Å². The first-order valence-corrected chi connectivity index (χ1v) is 5.50. The van der Waals surface area contributed by atoms with Crippen molar-refractivity contribution in [3.63, 3.8) is 0 Å². The van der Waals surface area contributed by atoms with Crippen LogP contribution in [0.25, 0.3) is 11.0 Å². The highest BCUT2D eigenvalue weighted by Gasteiger charge is 2.07. The molecule has 0 aliphatic carbocycles. The fourth-order valence-corrected chi connectivity index (χ4v) is 1.62. The lowest BCUT2D eigenvalue weighted by Gasteiger charge is -2.12. The van der Waals surface area contributed by atoms with Crippen LogP contribution >= 0.6 is 0 Å². The molecule has 0 saturated heterocycles. The van der Waals surface area contributed by atoms with E-state index in [-0.39, 0.29) is 5.75 Å². The molecule has 0 radical (unpaired) electrons. The fourth-order valence-electron chi connectivity index (χ4n) is 1.62. The molecule has 0 N–H and O–H groups in total. The van der Waals surface area contributed by atoms with E-state index >= 15 is 0 Å². The summed E-state index contributed by atoms with van der Waals surface area (Å²) in [6.45, 7) is 2.28. The standard InChI is InChI=1S/C13H15NO3/c1-4-16-12-7-9-5-6-10(14(2)3)8-11(9)17-13(12)15/h5-8H,4H2,1-3H3. The van der Waals surface area contributed by atoms with Crippen LogP contribution in [0.15, 0.2) is 33.5 Å². The van der Waals surface area contributed by atoms with Crippen molar-refractivity contribution in [3.05, 3.63) is 34.7 Å². The van der Waals surface area contributed by atoms with Gasteiger partial charge in [0, 0.05) is 31.2 Å². The van der Waals surface area contributed by atoms with Crippen molar-refractivity contribution in [3.8, 4) is 5.75 Å². The Morgan fingerprint density at radius 2 is 2.06 bits per heavy atom. The predicted octanol–water partition coefficient (Wildman–Crippen LogP) is 2.26. The first-order chi connectivity index (χ1) is 8.11. The molecule has 0 aliphatic heterocycles. The first-order valence-electron chi connectivity index (χ1n) is 5.50. The molecule has 1 heterocycles. The van der Waals surface area contributed by atoms with Crippen LogP contribution in [0.1, 0.15) is 6.92 Å². The summed E-state index contributed by atoms with van der Waals surface area (Å²) in [6, 6.07) is 7.44. The highest BCUT2D eigenvalue weighted by molar-refractivity contribution is 5.81. The van der Waals surface area contributed by atoms with Crippen LogP contribution in [0, 0.1) is 0 Å². The number of anilines is 1. The van der Waals surface area contributed by atoms with E-state index in [0.717, 1.165) is 11.1 Å². The molecular formula is C13H15NO3. The minimum absolute atomic E-state index is 0.262. The molecule has 17 heavy (non-hydrogen) atoms. The summed E-state index contributed by atoms with van der Waals surface area (Å²) in [5.41, 5.74) is 1.13. The van der Waals surface area contributed by atoms with Gasteiger partial charge < -0.3 is 14.1 Å². The van der Waals surface area contributed by atoms with Gasteiger partial charge in [-0.1, -0.05) is 0 Å². The van der Waals surface area contributed by atoms with Gasteiger partial charge in [-0.15, -0.1) is 0 Å². The topological polar surface area (TPSA) is 42.7 Å².